The Morgan fingerprint density at radius 1 is 0.969 bits per heavy atom. The summed E-state index contributed by atoms with van der Waals surface area (Å²) in [6, 6.07) is 14.8. The van der Waals surface area contributed by atoms with E-state index in [0.29, 0.717) is 6.61 Å². The normalized spacial score (nSPS) is 13.9. The molecule has 1 aliphatic heterocycles. The highest BCUT2D eigenvalue weighted by Gasteiger charge is 2.17. The lowest BCUT2D eigenvalue weighted by molar-refractivity contribution is 0.229. The van der Waals surface area contributed by atoms with Crippen molar-refractivity contribution in [2.24, 2.45) is 0 Å². The van der Waals surface area contributed by atoms with Gasteiger partial charge in [0.15, 0.2) is 0 Å². The average Bonchev–Trinajstić information content (AvgIpc) is 2.81. The fourth-order valence-electron chi connectivity index (χ4n) is 4.26. The van der Waals surface area contributed by atoms with Crippen LogP contribution < -0.4 is 9.64 Å². The third-order valence-electron chi connectivity index (χ3n) is 5.84. The van der Waals surface area contributed by atoms with Crippen LogP contribution >= 0.6 is 0 Å². The molecule has 0 amide bonds. The Bertz CT molecular complexity index is 966. The average molecular weight is 432 g/mol. The second-order valence-electron chi connectivity index (χ2n) is 8.59. The summed E-state index contributed by atoms with van der Waals surface area (Å²) in [4.78, 5) is 15.5. The molecule has 0 radical (unpaired) electrons. The van der Waals surface area contributed by atoms with E-state index in [9.17, 15) is 0 Å². The molecule has 0 bridgehead atoms. The summed E-state index contributed by atoms with van der Waals surface area (Å²) in [6.07, 6.45) is 9.48. The molecule has 168 valence electrons. The summed E-state index contributed by atoms with van der Waals surface area (Å²) in [5, 5.41) is 0. The summed E-state index contributed by atoms with van der Waals surface area (Å²) in [5.41, 5.74) is 5.19. The molecule has 6 nitrogen and oxygen atoms in total. The van der Waals surface area contributed by atoms with E-state index >= 15 is 0 Å². The highest BCUT2D eigenvalue weighted by Crippen LogP contribution is 2.29. The van der Waals surface area contributed by atoms with Crippen LogP contribution in [0.1, 0.15) is 23.1 Å². The lowest BCUT2D eigenvalue weighted by Crippen LogP contribution is -2.37. The molecule has 3 aromatic rings. The molecule has 4 rings (SSSR count). The number of ether oxygens (including phenoxy) is 1. The number of hydrogen-bond acceptors (Lipinski definition) is 6. The van der Waals surface area contributed by atoms with Crippen molar-refractivity contribution in [3.63, 3.8) is 0 Å². The minimum absolute atomic E-state index is 0.713. The number of anilines is 1. The van der Waals surface area contributed by atoms with E-state index in [4.69, 9.17) is 4.74 Å². The van der Waals surface area contributed by atoms with E-state index in [1.54, 1.807) is 0 Å². The molecule has 0 spiro atoms. The number of pyridine rings is 2. The fourth-order valence-corrected chi connectivity index (χ4v) is 4.26. The van der Waals surface area contributed by atoms with Crippen molar-refractivity contribution in [2.45, 2.75) is 25.9 Å². The van der Waals surface area contributed by atoms with Gasteiger partial charge in [-0.05, 0) is 73.0 Å². The van der Waals surface area contributed by atoms with Crippen molar-refractivity contribution in [3.05, 3.63) is 83.9 Å². The molecule has 0 saturated carbocycles. The maximum absolute atomic E-state index is 6.12. The number of fused-ring (bicyclic) bond motifs is 1. The summed E-state index contributed by atoms with van der Waals surface area (Å²) >= 11 is 0. The van der Waals surface area contributed by atoms with Gasteiger partial charge in [0.25, 0.3) is 0 Å². The van der Waals surface area contributed by atoms with E-state index in [1.165, 1.54) is 22.4 Å². The number of benzene rings is 1. The van der Waals surface area contributed by atoms with Gasteiger partial charge in [-0.3, -0.25) is 19.8 Å². The molecule has 2 aromatic heterocycles. The molecular formula is C26H33N5O. The maximum atomic E-state index is 6.12. The molecule has 3 heterocycles. The molecule has 0 N–H and O–H groups in total. The summed E-state index contributed by atoms with van der Waals surface area (Å²) in [5.74, 6) is 0.962. The van der Waals surface area contributed by atoms with E-state index < -0.39 is 0 Å². The Hall–Kier alpha value is -2.96. The first-order valence-electron chi connectivity index (χ1n) is 11.3. The highest BCUT2D eigenvalue weighted by molar-refractivity contribution is 5.57. The summed E-state index contributed by atoms with van der Waals surface area (Å²) < 4.78 is 6.12. The summed E-state index contributed by atoms with van der Waals surface area (Å²) in [7, 11) is 4.29. The number of aromatic nitrogens is 2. The smallest absolute Gasteiger partial charge is 0.119 e. The lowest BCUT2D eigenvalue weighted by Gasteiger charge is -2.34. The van der Waals surface area contributed by atoms with Gasteiger partial charge in [-0.1, -0.05) is 6.07 Å². The van der Waals surface area contributed by atoms with Gasteiger partial charge in [-0.15, -0.1) is 0 Å². The molecular weight excluding hydrogens is 398 g/mol. The molecule has 6 heteroatoms. The topological polar surface area (TPSA) is 44.7 Å². The van der Waals surface area contributed by atoms with Gasteiger partial charge in [-0.2, -0.15) is 0 Å². The monoisotopic (exact) mass is 431 g/mol. The second-order valence-corrected chi connectivity index (χ2v) is 8.59. The van der Waals surface area contributed by atoms with Gasteiger partial charge in [0.1, 0.15) is 5.75 Å². The highest BCUT2D eigenvalue weighted by atomic mass is 16.5. The number of hydrogen-bond donors (Lipinski definition) is 0. The zero-order valence-corrected chi connectivity index (χ0v) is 19.2. The first-order valence-corrected chi connectivity index (χ1v) is 11.3. The predicted octanol–water partition coefficient (Wildman–Crippen LogP) is 3.83. The Balaban J connectivity index is 1.30. The van der Waals surface area contributed by atoms with Crippen LogP contribution in [0.25, 0.3) is 0 Å². The third-order valence-corrected chi connectivity index (χ3v) is 5.84. The van der Waals surface area contributed by atoms with Gasteiger partial charge >= 0.3 is 0 Å². The van der Waals surface area contributed by atoms with Crippen molar-refractivity contribution < 1.29 is 4.74 Å². The molecule has 0 aliphatic carbocycles. The Morgan fingerprint density at radius 3 is 2.66 bits per heavy atom. The van der Waals surface area contributed by atoms with Crippen molar-refractivity contribution in [1.29, 1.82) is 0 Å². The van der Waals surface area contributed by atoms with Gasteiger partial charge in [0.2, 0.25) is 0 Å². The van der Waals surface area contributed by atoms with Crippen LogP contribution in [-0.4, -0.2) is 60.2 Å². The van der Waals surface area contributed by atoms with Gasteiger partial charge in [-0.25, -0.2) is 0 Å². The summed E-state index contributed by atoms with van der Waals surface area (Å²) in [6.45, 7) is 5.53. The second kappa shape index (κ2) is 11.1. The molecule has 1 aliphatic rings. The molecule has 0 atom stereocenters. The number of rotatable bonds is 10. The molecule has 0 saturated heterocycles. The minimum Gasteiger partial charge on any atom is -0.494 e. The van der Waals surface area contributed by atoms with Crippen molar-refractivity contribution >= 4 is 5.69 Å². The Labute approximate surface area is 191 Å². The van der Waals surface area contributed by atoms with Crippen LogP contribution in [0.3, 0.4) is 0 Å². The van der Waals surface area contributed by atoms with Gasteiger partial charge in [0, 0.05) is 63.7 Å². The minimum atomic E-state index is 0.713. The first-order chi connectivity index (χ1) is 15.7. The van der Waals surface area contributed by atoms with Gasteiger partial charge in [0.05, 0.1) is 13.3 Å². The fraction of sp³-hybridized carbons (Fsp3) is 0.385. The molecule has 1 aromatic carbocycles. The van der Waals surface area contributed by atoms with Crippen LogP contribution in [0.2, 0.25) is 0 Å². The largest absolute Gasteiger partial charge is 0.494 e. The van der Waals surface area contributed by atoms with Crippen molar-refractivity contribution in [2.75, 3.05) is 45.4 Å². The first kappa shape index (κ1) is 22.2. The zero-order valence-electron chi connectivity index (χ0n) is 19.2. The predicted molar refractivity (Wildman–Crippen MR) is 129 cm³/mol. The van der Waals surface area contributed by atoms with Crippen LogP contribution in [0.15, 0.2) is 67.3 Å². The van der Waals surface area contributed by atoms with Crippen molar-refractivity contribution in [3.8, 4) is 5.75 Å². The Kier molecular flexibility index (Phi) is 7.69. The van der Waals surface area contributed by atoms with E-state index in [-0.39, 0.29) is 0 Å². The van der Waals surface area contributed by atoms with Crippen LogP contribution in [-0.2, 0) is 19.5 Å². The SMILES string of the molecule is CN1Cc2cc(OCCCN(CCc3cccnc3)Cc3ccncc3)ccc2N(C)C1. The molecule has 32 heavy (non-hydrogen) atoms. The van der Waals surface area contributed by atoms with E-state index in [2.05, 4.69) is 75.2 Å². The molecule has 0 fully saturated rings. The Morgan fingerprint density at radius 2 is 1.84 bits per heavy atom. The zero-order chi connectivity index (χ0) is 22.2. The van der Waals surface area contributed by atoms with Crippen LogP contribution in [0.4, 0.5) is 5.69 Å². The van der Waals surface area contributed by atoms with E-state index in [1.807, 2.05) is 30.9 Å². The lowest BCUT2D eigenvalue weighted by atomic mass is 10.1. The third kappa shape index (κ3) is 6.28. The van der Waals surface area contributed by atoms with E-state index in [0.717, 1.165) is 51.4 Å². The van der Waals surface area contributed by atoms with Crippen LogP contribution in [0, 0.1) is 0 Å². The van der Waals surface area contributed by atoms with Crippen LogP contribution in [0.5, 0.6) is 5.75 Å². The molecule has 0 unspecified atom stereocenters. The van der Waals surface area contributed by atoms with Gasteiger partial charge < -0.3 is 9.64 Å². The standard InChI is InChI=1S/C26H33N5O/c1-29-20-24-17-25(6-7-26(24)30(2)21-29)32-16-4-14-31(19-23-8-12-27-13-9-23)15-10-22-5-3-11-28-18-22/h3,5-9,11-13,17-18H,4,10,14-16,19-21H2,1-2H3. The maximum Gasteiger partial charge on any atom is 0.119 e. The number of nitrogens with zero attached hydrogens (tertiary/aromatic N) is 5. The quantitative estimate of drug-likeness (QED) is 0.455. The van der Waals surface area contributed by atoms with Crippen molar-refractivity contribution in [1.82, 2.24) is 19.8 Å².